The summed E-state index contributed by atoms with van der Waals surface area (Å²) in [6.45, 7) is 8.45. The van der Waals surface area contributed by atoms with Crippen molar-refractivity contribution in [1.29, 1.82) is 0 Å². The van der Waals surface area contributed by atoms with Gasteiger partial charge in [0.25, 0.3) is 0 Å². The first-order valence-corrected chi connectivity index (χ1v) is 11.8. The highest BCUT2D eigenvalue weighted by Gasteiger charge is 2.20. The number of allylic oxidation sites excluding steroid dienone is 5. The topological polar surface area (TPSA) is 83.5 Å². The molecule has 0 rings (SSSR count). The van der Waals surface area contributed by atoms with Crippen molar-refractivity contribution < 1.29 is 18.3 Å². The SMILES string of the molecule is CC(C)=CCC/C(C)=C/CC/C(C)=C/CSC[C@H](N[35S](C)(=O)=O)C(=O)O. The van der Waals surface area contributed by atoms with E-state index in [1.165, 1.54) is 28.5 Å². The lowest BCUT2D eigenvalue weighted by Crippen LogP contribution is -2.42. The van der Waals surface area contributed by atoms with Crippen molar-refractivity contribution in [2.24, 2.45) is 0 Å². The Balaban J connectivity index is 4.17. The van der Waals surface area contributed by atoms with Crippen molar-refractivity contribution in [3.63, 3.8) is 0 Å². The van der Waals surface area contributed by atoms with Gasteiger partial charge in [0.05, 0.1) is 6.26 Å². The van der Waals surface area contributed by atoms with Crippen LogP contribution in [-0.4, -0.2) is 43.3 Å². The van der Waals surface area contributed by atoms with Crippen molar-refractivity contribution in [1.82, 2.24) is 4.72 Å². The molecule has 0 unspecified atom stereocenters. The third-order valence-corrected chi connectivity index (χ3v) is 5.30. The van der Waals surface area contributed by atoms with E-state index in [-0.39, 0.29) is 5.75 Å². The summed E-state index contributed by atoms with van der Waals surface area (Å²) < 4.78 is 24.4. The molecule has 1 atom stereocenters. The molecule has 0 aromatic heterocycles. The van der Waals surface area contributed by atoms with Gasteiger partial charge in [0.2, 0.25) is 10.0 Å². The molecule has 2 N–H and O–H groups in total. The number of nitrogens with one attached hydrogen (secondary N) is 1. The summed E-state index contributed by atoms with van der Waals surface area (Å²) in [4.78, 5) is 11.1. The lowest BCUT2D eigenvalue weighted by molar-refractivity contribution is -0.138. The molecule has 0 fully saturated rings. The Morgan fingerprint density at radius 2 is 1.58 bits per heavy atom. The monoisotopic (exact) mass is 406 g/mol. The second-order valence-electron chi connectivity index (χ2n) is 6.78. The fourth-order valence-electron chi connectivity index (χ4n) is 2.14. The van der Waals surface area contributed by atoms with Crippen LogP contribution in [0.25, 0.3) is 0 Å². The van der Waals surface area contributed by atoms with Crippen LogP contribution in [0.3, 0.4) is 0 Å². The molecule has 0 saturated carbocycles. The molecule has 0 radical (unpaired) electrons. The van der Waals surface area contributed by atoms with Crippen molar-refractivity contribution >= 4 is 27.8 Å². The van der Waals surface area contributed by atoms with E-state index >= 15 is 0 Å². The number of carboxylic acid groups (broad SMARTS) is 1. The Kier molecular flexibility index (Phi) is 12.6. The number of carbonyl (C=O) groups is 1. The van der Waals surface area contributed by atoms with Crippen LogP contribution in [-0.2, 0) is 14.8 Å². The van der Waals surface area contributed by atoms with E-state index in [9.17, 15) is 13.2 Å². The molecule has 0 aliphatic heterocycles. The van der Waals surface area contributed by atoms with E-state index in [0.717, 1.165) is 31.9 Å². The van der Waals surface area contributed by atoms with Crippen LogP contribution in [0.2, 0.25) is 0 Å². The molecule has 0 heterocycles. The maximum Gasteiger partial charge on any atom is 0.322 e. The summed E-state index contributed by atoms with van der Waals surface area (Å²) in [5, 5.41) is 9.04. The predicted molar refractivity (Wildman–Crippen MR) is 112 cm³/mol. The van der Waals surface area contributed by atoms with Gasteiger partial charge in [-0.25, -0.2) is 13.1 Å². The summed E-state index contributed by atoms with van der Waals surface area (Å²) in [5.41, 5.74) is 4.01. The summed E-state index contributed by atoms with van der Waals surface area (Å²) in [5.74, 6) is -0.280. The molecule has 0 aliphatic carbocycles. The molecule has 0 amide bonds. The van der Waals surface area contributed by atoms with E-state index in [4.69, 9.17) is 5.11 Å². The predicted octanol–water partition coefficient (Wildman–Crippen LogP) is 4.14. The Labute approximate surface area is 163 Å². The van der Waals surface area contributed by atoms with Gasteiger partial charge in [0.15, 0.2) is 0 Å². The summed E-state index contributed by atoms with van der Waals surface area (Å²) in [6, 6.07) is -1.09. The summed E-state index contributed by atoms with van der Waals surface area (Å²) >= 11 is 1.41. The highest BCUT2D eigenvalue weighted by atomic mass is 35.1. The number of thioether (sulfide) groups is 1. The van der Waals surface area contributed by atoms with Gasteiger partial charge in [-0.3, -0.25) is 4.79 Å². The number of rotatable bonds is 13. The van der Waals surface area contributed by atoms with E-state index in [0.29, 0.717) is 5.75 Å². The molecular weight excluding hydrogens is 373 g/mol. The minimum absolute atomic E-state index is 0.204. The zero-order valence-electron chi connectivity index (χ0n) is 16.5. The lowest BCUT2D eigenvalue weighted by Gasteiger charge is -2.11. The third-order valence-electron chi connectivity index (χ3n) is 3.61. The Hall–Kier alpha value is -1.05. The molecule has 0 spiro atoms. The van der Waals surface area contributed by atoms with Crippen molar-refractivity contribution in [2.45, 2.75) is 59.4 Å². The van der Waals surface area contributed by atoms with Crippen LogP contribution < -0.4 is 4.72 Å². The minimum atomic E-state index is -3.52. The van der Waals surface area contributed by atoms with Crippen LogP contribution in [0.1, 0.15) is 53.4 Å². The van der Waals surface area contributed by atoms with Crippen LogP contribution in [0.4, 0.5) is 0 Å². The molecule has 0 aromatic carbocycles. The maximum absolute atomic E-state index is 11.2. The molecule has 0 bridgehead atoms. The fraction of sp³-hybridized carbons (Fsp3) is 0.632. The van der Waals surface area contributed by atoms with Gasteiger partial charge < -0.3 is 5.11 Å². The second kappa shape index (κ2) is 13.2. The van der Waals surface area contributed by atoms with Crippen LogP contribution in [0.5, 0.6) is 0 Å². The van der Waals surface area contributed by atoms with E-state index in [2.05, 4.69) is 50.6 Å². The first-order valence-electron chi connectivity index (χ1n) is 8.73. The van der Waals surface area contributed by atoms with E-state index in [1.807, 2.05) is 0 Å². The first-order chi connectivity index (χ1) is 12.0. The summed E-state index contributed by atoms with van der Waals surface area (Å²) in [7, 11) is -3.52. The summed E-state index contributed by atoms with van der Waals surface area (Å²) in [6.07, 6.45) is 11.7. The second-order valence-corrected chi connectivity index (χ2v) is 9.63. The van der Waals surface area contributed by atoms with Gasteiger partial charge in [0, 0.05) is 11.5 Å². The Morgan fingerprint density at radius 3 is 2.08 bits per heavy atom. The first kappa shape index (κ1) is 24.9. The molecule has 0 saturated heterocycles. The molecule has 150 valence electrons. The molecule has 0 aliphatic rings. The standard InChI is InChI=1S/C19H33NO4S2/c1-15(2)8-6-9-16(3)10-7-11-17(4)12-13-25-14-18(19(21)22)20-26(5,23)24/h8,10,12,18,20H,6-7,9,11,13-14H2,1-5H3,(H,21,22)/b16-10+,17-12+/t18-/m0/s1/i26+3. The zero-order valence-corrected chi connectivity index (χ0v) is 18.2. The molecular formula is C19H33NO4S2. The van der Waals surface area contributed by atoms with E-state index < -0.39 is 22.0 Å². The average Bonchev–Trinajstić information content (AvgIpc) is 2.48. The van der Waals surface area contributed by atoms with Gasteiger partial charge >= 0.3 is 5.97 Å². The van der Waals surface area contributed by atoms with Gasteiger partial charge in [-0.05, 0) is 53.4 Å². The molecule has 5 nitrogen and oxygen atoms in total. The number of hydrogen-bond acceptors (Lipinski definition) is 4. The number of sulfonamides is 1. The van der Waals surface area contributed by atoms with Crippen LogP contribution in [0.15, 0.2) is 34.9 Å². The lowest BCUT2D eigenvalue weighted by atomic mass is 10.1. The fourth-order valence-corrected chi connectivity index (χ4v) is 3.95. The largest absolute Gasteiger partial charge is 0.480 e. The Morgan fingerprint density at radius 1 is 1.04 bits per heavy atom. The van der Waals surface area contributed by atoms with Crippen molar-refractivity contribution in [3.8, 4) is 0 Å². The quantitative estimate of drug-likeness (QED) is 0.355. The minimum Gasteiger partial charge on any atom is -0.480 e. The normalized spacial score (nSPS) is 14.2. The maximum atomic E-state index is 11.2. The van der Waals surface area contributed by atoms with Crippen LogP contribution >= 0.6 is 11.8 Å². The van der Waals surface area contributed by atoms with Gasteiger partial charge in [-0.1, -0.05) is 34.9 Å². The number of carboxylic acids is 1. The smallest absolute Gasteiger partial charge is 0.322 e. The van der Waals surface area contributed by atoms with Crippen LogP contribution in [0, 0.1) is 0 Å². The highest BCUT2D eigenvalue weighted by molar-refractivity contribution is 7.99. The van der Waals surface area contributed by atoms with Gasteiger partial charge in [-0.15, -0.1) is 0 Å². The number of hydrogen-bond donors (Lipinski definition) is 2. The van der Waals surface area contributed by atoms with Crippen molar-refractivity contribution in [3.05, 3.63) is 34.9 Å². The Bertz CT molecular complexity index is 630. The average molecular weight is 407 g/mol. The van der Waals surface area contributed by atoms with E-state index in [1.54, 1.807) is 0 Å². The molecule has 26 heavy (non-hydrogen) atoms. The van der Waals surface area contributed by atoms with Crippen molar-refractivity contribution in [2.75, 3.05) is 17.8 Å². The highest BCUT2D eigenvalue weighted by Crippen LogP contribution is 2.13. The van der Waals surface area contributed by atoms with Gasteiger partial charge in [0.1, 0.15) is 6.04 Å². The zero-order chi connectivity index (χ0) is 20.2. The third kappa shape index (κ3) is 15.2. The molecule has 7 heteroatoms. The molecule has 0 aromatic rings. The number of aliphatic carboxylic acids is 1. The van der Waals surface area contributed by atoms with Gasteiger partial charge in [-0.2, -0.15) is 11.8 Å².